The lowest BCUT2D eigenvalue weighted by Crippen LogP contribution is -1.92. The molecule has 3 heteroatoms. The van der Waals surface area contributed by atoms with E-state index in [1.807, 2.05) is 7.05 Å². The highest BCUT2D eigenvalue weighted by molar-refractivity contribution is 7.10. The van der Waals surface area contributed by atoms with Gasteiger partial charge >= 0.3 is 0 Å². The van der Waals surface area contributed by atoms with Crippen molar-refractivity contribution in [2.45, 2.75) is 12.8 Å². The first-order chi connectivity index (χ1) is 5.38. The smallest absolute Gasteiger partial charge is 0.0478 e. The lowest BCUT2D eigenvalue weighted by Gasteiger charge is -2.00. The first-order valence-electron chi connectivity index (χ1n) is 3.73. The summed E-state index contributed by atoms with van der Waals surface area (Å²) in [6.45, 7) is 0.279. The normalized spacial score (nSPS) is 10.0. The summed E-state index contributed by atoms with van der Waals surface area (Å²) in [5, 5.41) is 13.8. The van der Waals surface area contributed by atoms with Crippen molar-refractivity contribution < 1.29 is 5.11 Å². The van der Waals surface area contributed by atoms with E-state index in [0.29, 0.717) is 0 Å². The third kappa shape index (κ3) is 2.20. The Morgan fingerprint density at radius 3 is 3.09 bits per heavy atom. The molecule has 0 aliphatic rings. The second kappa shape index (κ2) is 4.36. The lowest BCUT2D eigenvalue weighted by atomic mass is 10.2. The van der Waals surface area contributed by atoms with Gasteiger partial charge in [0, 0.05) is 24.2 Å². The predicted octanol–water partition coefficient (Wildman–Crippen LogP) is 1.71. The van der Waals surface area contributed by atoms with E-state index in [-0.39, 0.29) is 6.61 Å². The molecule has 1 aromatic rings. The number of hydrogen-bond acceptors (Lipinski definition) is 3. The second-order valence-corrected chi connectivity index (χ2v) is 3.34. The van der Waals surface area contributed by atoms with Gasteiger partial charge in [-0.3, -0.25) is 0 Å². The molecular formula is C8H13NOS. The summed E-state index contributed by atoms with van der Waals surface area (Å²) in [5.41, 5.74) is 1.20. The van der Waals surface area contributed by atoms with Gasteiger partial charge in [-0.25, -0.2) is 0 Å². The summed E-state index contributed by atoms with van der Waals surface area (Å²) in [6.07, 6.45) is 1.83. The van der Waals surface area contributed by atoms with E-state index in [0.717, 1.165) is 12.8 Å². The summed E-state index contributed by atoms with van der Waals surface area (Å²) in [5.74, 6) is 0. The predicted molar refractivity (Wildman–Crippen MR) is 49.3 cm³/mol. The molecule has 0 unspecified atom stereocenters. The Morgan fingerprint density at radius 2 is 2.45 bits per heavy atom. The zero-order valence-corrected chi connectivity index (χ0v) is 7.45. The van der Waals surface area contributed by atoms with Gasteiger partial charge in [0.25, 0.3) is 0 Å². The number of hydrogen-bond donors (Lipinski definition) is 2. The topological polar surface area (TPSA) is 32.3 Å². The molecule has 1 rings (SSSR count). The molecule has 0 aliphatic carbocycles. The highest BCUT2D eigenvalue weighted by atomic mass is 32.1. The van der Waals surface area contributed by atoms with Crippen LogP contribution in [0.5, 0.6) is 0 Å². The minimum atomic E-state index is 0.279. The van der Waals surface area contributed by atoms with Crippen LogP contribution in [0.15, 0.2) is 11.4 Å². The minimum Gasteiger partial charge on any atom is -0.396 e. The monoisotopic (exact) mass is 171 g/mol. The molecule has 0 bridgehead atoms. The molecular weight excluding hydrogens is 158 g/mol. The van der Waals surface area contributed by atoms with Crippen LogP contribution in [0.1, 0.15) is 11.3 Å². The van der Waals surface area contributed by atoms with Crippen molar-refractivity contribution in [3.8, 4) is 0 Å². The van der Waals surface area contributed by atoms with Crippen LogP contribution in [0.2, 0.25) is 0 Å². The summed E-state index contributed by atoms with van der Waals surface area (Å²) in [4.78, 5) is 1.33. The quantitative estimate of drug-likeness (QED) is 0.723. The van der Waals surface area contributed by atoms with Gasteiger partial charge < -0.3 is 10.4 Å². The Bertz CT molecular complexity index is 210. The third-order valence-electron chi connectivity index (χ3n) is 1.58. The maximum absolute atomic E-state index is 8.61. The highest BCUT2D eigenvalue weighted by Crippen LogP contribution is 2.22. The fraction of sp³-hybridized carbons (Fsp3) is 0.500. The van der Waals surface area contributed by atoms with E-state index in [9.17, 15) is 0 Å². The summed E-state index contributed by atoms with van der Waals surface area (Å²) in [6, 6.07) is 2.07. The maximum atomic E-state index is 8.61. The van der Waals surface area contributed by atoms with E-state index in [2.05, 4.69) is 16.8 Å². The van der Waals surface area contributed by atoms with Crippen LogP contribution in [0, 0.1) is 0 Å². The second-order valence-electron chi connectivity index (χ2n) is 2.33. The van der Waals surface area contributed by atoms with Crippen LogP contribution in [-0.4, -0.2) is 18.8 Å². The first kappa shape index (κ1) is 8.56. The van der Waals surface area contributed by atoms with E-state index in [1.54, 1.807) is 11.3 Å². The van der Waals surface area contributed by atoms with E-state index < -0.39 is 0 Å². The molecule has 0 atom stereocenters. The van der Waals surface area contributed by atoms with Crippen LogP contribution in [0.3, 0.4) is 0 Å². The molecule has 0 fully saturated rings. The van der Waals surface area contributed by atoms with Crippen molar-refractivity contribution >= 4 is 17.0 Å². The summed E-state index contributed by atoms with van der Waals surface area (Å²) >= 11 is 1.74. The molecule has 0 radical (unpaired) electrons. The average Bonchev–Trinajstić information content (AvgIpc) is 2.47. The van der Waals surface area contributed by atoms with E-state index in [1.165, 1.54) is 10.6 Å². The zero-order valence-electron chi connectivity index (χ0n) is 6.63. The summed E-state index contributed by atoms with van der Waals surface area (Å²) < 4.78 is 0. The Morgan fingerprint density at radius 1 is 1.64 bits per heavy atom. The Kier molecular flexibility index (Phi) is 3.39. The Hall–Kier alpha value is -0.540. The van der Waals surface area contributed by atoms with E-state index in [4.69, 9.17) is 5.11 Å². The van der Waals surface area contributed by atoms with Crippen LogP contribution < -0.4 is 5.32 Å². The van der Waals surface area contributed by atoms with Crippen molar-refractivity contribution in [2.24, 2.45) is 0 Å². The van der Waals surface area contributed by atoms with Gasteiger partial charge in [-0.2, -0.15) is 0 Å². The molecule has 0 saturated heterocycles. The lowest BCUT2D eigenvalue weighted by molar-refractivity contribution is 0.289. The van der Waals surface area contributed by atoms with Crippen molar-refractivity contribution in [2.75, 3.05) is 19.0 Å². The highest BCUT2D eigenvalue weighted by Gasteiger charge is 2.00. The van der Waals surface area contributed by atoms with Gasteiger partial charge in [0.1, 0.15) is 0 Å². The molecule has 0 saturated carbocycles. The molecule has 0 amide bonds. The third-order valence-corrected chi connectivity index (χ3v) is 2.56. The number of thiophene rings is 1. The molecule has 0 spiro atoms. The Balaban J connectivity index is 2.54. The van der Waals surface area contributed by atoms with Gasteiger partial charge in [-0.05, 0) is 24.3 Å². The number of aryl methyl sites for hydroxylation is 1. The van der Waals surface area contributed by atoms with Gasteiger partial charge in [0.15, 0.2) is 0 Å². The maximum Gasteiger partial charge on any atom is 0.0478 e. The number of nitrogens with one attached hydrogen (secondary N) is 1. The van der Waals surface area contributed by atoms with Gasteiger partial charge in [0.05, 0.1) is 0 Å². The Labute approximate surface area is 70.9 Å². The standard InChI is InChI=1S/C8H13NOS/c1-9-7-4-6-11-8(7)3-2-5-10/h4,6,9-10H,2-3,5H2,1H3. The van der Waals surface area contributed by atoms with Crippen molar-refractivity contribution in [3.63, 3.8) is 0 Å². The van der Waals surface area contributed by atoms with Crippen LogP contribution in [0.25, 0.3) is 0 Å². The molecule has 0 aliphatic heterocycles. The SMILES string of the molecule is CNc1ccsc1CCCO. The van der Waals surface area contributed by atoms with Crippen molar-refractivity contribution in [1.29, 1.82) is 0 Å². The zero-order chi connectivity index (χ0) is 8.10. The fourth-order valence-corrected chi connectivity index (χ4v) is 1.92. The molecule has 2 N–H and O–H groups in total. The van der Waals surface area contributed by atoms with Crippen LogP contribution >= 0.6 is 11.3 Å². The molecule has 0 aromatic carbocycles. The molecule has 1 aromatic heterocycles. The number of anilines is 1. The number of aliphatic hydroxyl groups excluding tert-OH is 1. The number of rotatable bonds is 4. The molecule has 1 heterocycles. The van der Waals surface area contributed by atoms with E-state index >= 15 is 0 Å². The average molecular weight is 171 g/mol. The molecule has 62 valence electrons. The van der Waals surface area contributed by atoms with Crippen molar-refractivity contribution in [1.82, 2.24) is 0 Å². The van der Waals surface area contributed by atoms with Gasteiger partial charge in [0.2, 0.25) is 0 Å². The van der Waals surface area contributed by atoms with Crippen LogP contribution in [-0.2, 0) is 6.42 Å². The minimum absolute atomic E-state index is 0.279. The fourth-order valence-electron chi connectivity index (χ4n) is 0.997. The van der Waals surface area contributed by atoms with Crippen LogP contribution in [0.4, 0.5) is 5.69 Å². The molecule has 2 nitrogen and oxygen atoms in total. The summed E-state index contributed by atoms with van der Waals surface area (Å²) in [7, 11) is 1.92. The van der Waals surface area contributed by atoms with Gasteiger partial charge in [-0.15, -0.1) is 11.3 Å². The largest absolute Gasteiger partial charge is 0.396 e. The van der Waals surface area contributed by atoms with Gasteiger partial charge in [-0.1, -0.05) is 0 Å². The van der Waals surface area contributed by atoms with Crippen molar-refractivity contribution in [3.05, 3.63) is 16.3 Å². The number of aliphatic hydroxyl groups is 1. The first-order valence-corrected chi connectivity index (χ1v) is 4.61. The molecule has 11 heavy (non-hydrogen) atoms.